The fourth-order valence-corrected chi connectivity index (χ4v) is 3.92. The number of carbonyl (C=O) groups is 1. The SMILES string of the molecule is NC1(C(=O)N2CCN(Cc3csc(-c4ccc(F)cc4)n3)CC2)CC1. The van der Waals surface area contributed by atoms with Crippen LogP contribution in [0.25, 0.3) is 10.6 Å². The van der Waals surface area contributed by atoms with Crippen LogP contribution < -0.4 is 5.73 Å². The largest absolute Gasteiger partial charge is 0.339 e. The summed E-state index contributed by atoms with van der Waals surface area (Å²) < 4.78 is 13.0. The van der Waals surface area contributed by atoms with Gasteiger partial charge in [-0.1, -0.05) is 0 Å². The van der Waals surface area contributed by atoms with Gasteiger partial charge in [0.1, 0.15) is 10.8 Å². The minimum atomic E-state index is -0.568. The first-order valence-corrected chi connectivity index (χ1v) is 9.42. The average molecular weight is 360 g/mol. The summed E-state index contributed by atoms with van der Waals surface area (Å²) in [5.41, 5.74) is 7.39. The zero-order chi connectivity index (χ0) is 17.4. The van der Waals surface area contributed by atoms with Gasteiger partial charge in [-0.05, 0) is 37.1 Å². The Morgan fingerprint density at radius 1 is 1.20 bits per heavy atom. The highest BCUT2D eigenvalue weighted by molar-refractivity contribution is 7.13. The number of piperazine rings is 1. The number of thiazole rings is 1. The second-order valence-corrected chi connectivity index (χ2v) is 7.73. The van der Waals surface area contributed by atoms with Crippen molar-refractivity contribution in [3.8, 4) is 10.6 Å². The molecule has 2 fully saturated rings. The molecule has 7 heteroatoms. The van der Waals surface area contributed by atoms with Crippen LogP contribution in [0.4, 0.5) is 4.39 Å². The van der Waals surface area contributed by atoms with Crippen molar-refractivity contribution in [3.05, 3.63) is 41.2 Å². The van der Waals surface area contributed by atoms with Crippen molar-refractivity contribution >= 4 is 17.2 Å². The molecule has 2 aliphatic rings. The summed E-state index contributed by atoms with van der Waals surface area (Å²) in [6.45, 7) is 3.91. The molecule has 0 atom stereocenters. The molecular weight excluding hydrogens is 339 g/mol. The van der Waals surface area contributed by atoms with Gasteiger partial charge in [-0.3, -0.25) is 9.69 Å². The predicted molar refractivity (Wildman–Crippen MR) is 95.5 cm³/mol. The third-order valence-corrected chi connectivity index (χ3v) is 5.84. The van der Waals surface area contributed by atoms with Gasteiger partial charge in [-0.15, -0.1) is 11.3 Å². The zero-order valence-corrected chi connectivity index (χ0v) is 14.8. The fraction of sp³-hybridized carbons (Fsp3) is 0.444. The van der Waals surface area contributed by atoms with Crippen LogP contribution in [0.15, 0.2) is 29.6 Å². The van der Waals surface area contributed by atoms with Crippen molar-refractivity contribution < 1.29 is 9.18 Å². The van der Waals surface area contributed by atoms with Gasteiger partial charge in [0.15, 0.2) is 0 Å². The molecule has 1 aliphatic heterocycles. The summed E-state index contributed by atoms with van der Waals surface area (Å²) in [5, 5.41) is 2.96. The highest BCUT2D eigenvalue weighted by Gasteiger charge is 2.48. The Morgan fingerprint density at radius 2 is 1.88 bits per heavy atom. The van der Waals surface area contributed by atoms with Crippen LogP contribution >= 0.6 is 11.3 Å². The summed E-state index contributed by atoms with van der Waals surface area (Å²) in [7, 11) is 0. The topological polar surface area (TPSA) is 62.5 Å². The molecule has 1 saturated carbocycles. The van der Waals surface area contributed by atoms with E-state index in [9.17, 15) is 9.18 Å². The van der Waals surface area contributed by atoms with Crippen molar-refractivity contribution in [2.24, 2.45) is 5.73 Å². The van der Waals surface area contributed by atoms with Crippen LogP contribution in [0, 0.1) is 5.82 Å². The normalized spacial score (nSPS) is 19.8. The molecule has 0 spiro atoms. The van der Waals surface area contributed by atoms with Gasteiger partial charge in [0.05, 0.1) is 11.2 Å². The van der Waals surface area contributed by atoms with Crippen molar-refractivity contribution in [3.63, 3.8) is 0 Å². The summed E-state index contributed by atoms with van der Waals surface area (Å²) in [5.74, 6) is -0.127. The van der Waals surface area contributed by atoms with E-state index in [-0.39, 0.29) is 11.7 Å². The van der Waals surface area contributed by atoms with Gasteiger partial charge < -0.3 is 10.6 Å². The summed E-state index contributed by atoms with van der Waals surface area (Å²) in [6, 6.07) is 6.42. The first kappa shape index (κ1) is 16.6. The van der Waals surface area contributed by atoms with E-state index in [1.165, 1.54) is 12.1 Å². The van der Waals surface area contributed by atoms with Crippen molar-refractivity contribution in [2.45, 2.75) is 24.9 Å². The average Bonchev–Trinajstić information content (AvgIpc) is 3.21. The number of nitrogens with two attached hydrogens (primary N) is 1. The lowest BCUT2D eigenvalue weighted by Gasteiger charge is -2.35. The van der Waals surface area contributed by atoms with Gasteiger partial charge in [0.2, 0.25) is 5.91 Å². The molecule has 0 unspecified atom stereocenters. The fourth-order valence-electron chi connectivity index (χ4n) is 3.11. The van der Waals surface area contributed by atoms with Gasteiger partial charge >= 0.3 is 0 Å². The molecule has 1 aromatic carbocycles. The monoisotopic (exact) mass is 360 g/mol. The molecule has 132 valence electrons. The molecule has 4 rings (SSSR count). The Morgan fingerprint density at radius 3 is 2.52 bits per heavy atom. The molecule has 5 nitrogen and oxygen atoms in total. The first-order chi connectivity index (χ1) is 12.0. The van der Waals surface area contributed by atoms with E-state index < -0.39 is 5.54 Å². The Kier molecular flexibility index (Phi) is 4.31. The zero-order valence-electron chi connectivity index (χ0n) is 13.9. The third-order valence-electron chi connectivity index (χ3n) is 4.90. The second-order valence-electron chi connectivity index (χ2n) is 6.88. The Balaban J connectivity index is 1.33. The van der Waals surface area contributed by atoms with Crippen molar-refractivity contribution in [2.75, 3.05) is 26.2 Å². The lowest BCUT2D eigenvalue weighted by Crippen LogP contribution is -2.53. The molecule has 0 radical (unpaired) electrons. The second kappa shape index (κ2) is 6.48. The standard InChI is InChI=1S/C18H21FN4OS/c19-14-3-1-13(2-4-14)16-21-15(12-25-16)11-22-7-9-23(10-8-22)17(24)18(20)5-6-18/h1-4,12H,5-11,20H2. The van der Waals surface area contributed by atoms with E-state index in [0.717, 1.165) is 61.8 Å². The van der Waals surface area contributed by atoms with Crippen LogP contribution in [-0.4, -0.2) is 52.4 Å². The van der Waals surface area contributed by atoms with Crippen LogP contribution in [-0.2, 0) is 11.3 Å². The Bertz CT molecular complexity index is 764. The van der Waals surface area contributed by atoms with E-state index in [1.807, 2.05) is 4.90 Å². The van der Waals surface area contributed by atoms with Crippen molar-refractivity contribution in [1.29, 1.82) is 0 Å². The van der Waals surface area contributed by atoms with Crippen LogP contribution in [0.1, 0.15) is 18.5 Å². The maximum atomic E-state index is 13.0. The van der Waals surface area contributed by atoms with E-state index in [1.54, 1.807) is 23.5 Å². The van der Waals surface area contributed by atoms with Crippen molar-refractivity contribution in [1.82, 2.24) is 14.8 Å². The number of nitrogens with zero attached hydrogens (tertiary/aromatic N) is 3. The molecule has 25 heavy (non-hydrogen) atoms. The molecule has 1 aliphatic carbocycles. The van der Waals surface area contributed by atoms with Crippen LogP contribution in [0.2, 0.25) is 0 Å². The number of amides is 1. The van der Waals surface area contributed by atoms with Gasteiger partial charge in [-0.25, -0.2) is 9.37 Å². The van der Waals surface area contributed by atoms with Gasteiger partial charge in [-0.2, -0.15) is 0 Å². The molecule has 1 aromatic heterocycles. The smallest absolute Gasteiger partial charge is 0.242 e. The molecule has 0 bridgehead atoms. The maximum Gasteiger partial charge on any atom is 0.242 e. The lowest BCUT2D eigenvalue weighted by molar-refractivity contribution is -0.135. The number of halogens is 1. The molecule has 2 heterocycles. The number of carbonyl (C=O) groups excluding carboxylic acids is 1. The lowest BCUT2D eigenvalue weighted by atomic mass is 10.2. The van der Waals surface area contributed by atoms with Gasteiger partial charge in [0, 0.05) is 43.7 Å². The van der Waals surface area contributed by atoms with E-state index in [2.05, 4.69) is 15.3 Å². The third kappa shape index (κ3) is 3.58. The Hall–Kier alpha value is -1.83. The van der Waals surface area contributed by atoms with Crippen LogP contribution in [0.5, 0.6) is 0 Å². The number of aromatic nitrogens is 1. The molecule has 2 N–H and O–H groups in total. The number of hydrogen-bond donors (Lipinski definition) is 1. The quantitative estimate of drug-likeness (QED) is 0.907. The number of rotatable bonds is 4. The van der Waals surface area contributed by atoms with E-state index in [4.69, 9.17) is 5.73 Å². The molecule has 1 amide bonds. The number of benzene rings is 1. The highest BCUT2D eigenvalue weighted by Crippen LogP contribution is 2.34. The minimum Gasteiger partial charge on any atom is -0.339 e. The van der Waals surface area contributed by atoms with E-state index >= 15 is 0 Å². The molecule has 2 aromatic rings. The van der Waals surface area contributed by atoms with Gasteiger partial charge in [0.25, 0.3) is 0 Å². The summed E-state index contributed by atoms with van der Waals surface area (Å²) in [4.78, 5) is 21.1. The highest BCUT2D eigenvalue weighted by atomic mass is 32.1. The number of hydrogen-bond acceptors (Lipinski definition) is 5. The Labute approximate surface area is 150 Å². The minimum absolute atomic E-state index is 0.111. The molecule has 1 saturated heterocycles. The summed E-state index contributed by atoms with van der Waals surface area (Å²) in [6.07, 6.45) is 1.63. The van der Waals surface area contributed by atoms with Crippen LogP contribution in [0.3, 0.4) is 0 Å². The first-order valence-electron chi connectivity index (χ1n) is 8.54. The maximum absolute atomic E-state index is 13.0. The summed E-state index contributed by atoms with van der Waals surface area (Å²) >= 11 is 1.57. The molecular formula is C18H21FN4OS. The predicted octanol–water partition coefficient (Wildman–Crippen LogP) is 2.08. The van der Waals surface area contributed by atoms with E-state index in [0.29, 0.717) is 0 Å².